The van der Waals surface area contributed by atoms with Crippen LogP contribution in [0.25, 0.3) is 0 Å². The normalized spacial score (nSPS) is 10.3. The lowest BCUT2D eigenvalue weighted by molar-refractivity contribution is 0.306. The Morgan fingerprint density at radius 2 is 1.81 bits per heavy atom. The Hall–Kier alpha value is -2.53. The number of pyridine rings is 1. The summed E-state index contributed by atoms with van der Waals surface area (Å²) in [5, 5.41) is 4.11. The number of thiophene rings is 1. The van der Waals surface area contributed by atoms with Gasteiger partial charge in [-0.3, -0.25) is 0 Å². The molecule has 0 atom stereocenters. The molecule has 2 N–H and O–H groups in total. The molecule has 0 amide bonds. The number of hydrogen-bond acceptors (Lipinski definition) is 5. The van der Waals surface area contributed by atoms with Crippen molar-refractivity contribution in [3.8, 4) is 17.4 Å². The highest BCUT2D eigenvalue weighted by Gasteiger charge is 2.00. The predicted octanol–water partition coefficient (Wildman–Crippen LogP) is 4.10. The Morgan fingerprint density at radius 3 is 2.48 bits per heavy atom. The Bertz CT molecular complexity index is 679. The van der Waals surface area contributed by atoms with Gasteiger partial charge in [0.05, 0.1) is 11.9 Å². The molecule has 1 aromatic carbocycles. The summed E-state index contributed by atoms with van der Waals surface area (Å²) >= 11 is 1.66. The lowest BCUT2D eigenvalue weighted by Gasteiger charge is -2.07. The van der Waals surface area contributed by atoms with Gasteiger partial charge in [0, 0.05) is 6.07 Å². The van der Waals surface area contributed by atoms with Crippen LogP contribution in [0.3, 0.4) is 0 Å². The van der Waals surface area contributed by atoms with E-state index >= 15 is 0 Å². The summed E-state index contributed by atoms with van der Waals surface area (Å²) in [5.41, 5.74) is 7.36. The number of nitrogen functional groups attached to an aromatic ring is 1. The van der Waals surface area contributed by atoms with E-state index in [4.69, 9.17) is 15.2 Å². The molecule has 0 aliphatic heterocycles. The molecule has 0 unspecified atom stereocenters. The van der Waals surface area contributed by atoms with E-state index in [1.807, 2.05) is 29.6 Å². The standard InChI is InChI=1S/C16H14N2O2S/c17-13-1-6-16(18-9-13)20-15-4-2-14(3-5-15)19-10-12-7-8-21-11-12/h1-9,11H,10,17H2. The van der Waals surface area contributed by atoms with E-state index in [-0.39, 0.29) is 0 Å². The Morgan fingerprint density at radius 1 is 1.00 bits per heavy atom. The van der Waals surface area contributed by atoms with Crippen molar-refractivity contribution in [2.24, 2.45) is 0 Å². The molecule has 3 rings (SSSR count). The van der Waals surface area contributed by atoms with Gasteiger partial charge in [-0.2, -0.15) is 11.3 Å². The highest BCUT2D eigenvalue weighted by molar-refractivity contribution is 7.07. The smallest absolute Gasteiger partial charge is 0.219 e. The number of rotatable bonds is 5. The molecule has 0 aliphatic carbocycles. The van der Waals surface area contributed by atoms with Crippen molar-refractivity contribution in [3.05, 3.63) is 65.0 Å². The van der Waals surface area contributed by atoms with Gasteiger partial charge in [0.2, 0.25) is 5.88 Å². The number of anilines is 1. The fourth-order valence-electron chi connectivity index (χ4n) is 1.72. The number of ether oxygens (including phenoxy) is 2. The molecular formula is C16H14N2O2S. The van der Waals surface area contributed by atoms with Gasteiger partial charge in [-0.15, -0.1) is 0 Å². The molecule has 0 saturated carbocycles. The minimum absolute atomic E-state index is 0.510. The minimum Gasteiger partial charge on any atom is -0.489 e. The van der Waals surface area contributed by atoms with Gasteiger partial charge < -0.3 is 15.2 Å². The van der Waals surface area contributed by atoms with Crippen molar-refractivity contribution in [1.29, 1.82) is 0 Å². The van der Waals surface area contributed by atoms with Crippen LogP contribution < -0.4 is 15.2 Å². The van der Waals surface area contributed by atoms with Crippen LogP contribution in [0.5, 0.6) is 17.4 Å². The third-order valence-electron chi connectivity index (χ3n) is 2.79. The second-order valence-electron chi connectivity index (χ2n) is 4.42. The monoisotopic (exact) mass is 298 g/mol. The summed E-state index contributed by atoms with van der Waals surface area (Å²) in [7, 11) is 0. The fraction of sp³-hybridized carbons (Fsp3) is 0.0625. The Labute approximate surface area is 126 Å². The van der Waals surface area contributed by atoms with Gasteiger partial charge in [0.25, 0.3) is 0 Å². The van der Waals surface area contributed by atoms with Crippen molar-refractivity contribution in [3.63, 3.8) is 0 Å². The predicted molar refractivity (Wildman–Crippen MR) is 83.8 cm³/mol. The second kappa shape index (κ2) is 6.28. The number of nitrogens with zero attached hydrogens (tertiary/aromatic N) is 1. The molecule has 0 radical (unpaired) electrons. The van der Waals surface area contributed by atoms with E-state index in [0.29, 0.717) is 23.9 Å². The highest BCUT2D eigenvalue weighted by atomic mass is 32.1. The Balaban J connectivity index is 1.59. The molecule has 5 heteroatoms. The average Bonchev–Trinajstić information content (AvgIpc) is 3.02. The first kappa shape index (κ1) is 13.5. The molecule has 3 aromatic rings. The van der Waals surface area contributed by atoms with Gasteiger partial charge in [-0.1, -0.05) is 0 Å². The van der Waals surface area contributed by atoms with Crippen LogP contribution in [0.2, 0.25) is 0 Å². The molecule has 0 aliphatic rings. The van der Waals surface area contributed by atoms with Gasteiger partial charge >= 0.3 is 0 Å². The van der Waals surface area contributed by atoms with Crippen molar-refractivity contribution < 1.29 is 9.47 Å². The lowest BCUT2D eigenvalue weighted by Crippen LogP contribution is -1.94. The number of benzene rings is 1. The molecule has 106 valence electrons. The summed E-state index contributed by atoms with van der Waals surface area (Å²) < 4.78 is 11.3. The lowest BCUT2D eigenvalue weighted by atomic mass is 10.3. The van der Waals surface area contributed by atoms with E-state index in [1.165, 1.54) is 5.56 Å². The van der Waals surface area contributed by atoms with Crippen molar-refractivity contribution >= 4 is 17.0 Å². The quantitative estimate of drug-likeness (QED) is 0.770. The van der Waals surface area contributed by atoms with Crippen LogP contribution in [0.15, 0.2) is 59.4 Å². The van der Waals surface area contributed by atoms with Gasteiger partial charge in [0.15, 0.2) is 0 Å². The molecule has 21 heavy (non-hydrogen) atoms. The third-order valence-corrected chi connectivity index (χ3v) is 3.52. The molecule has 0 fully saturated rings. The zero-order chi connectivity index (χ0) is 14.5. The fourth-order valence-corrected chi connectivity index (χ4v) is 2.37. The van der Waals surface area contributed by atoms with Crippen molar-refractivity contribution in [2.45, 2.75) is 6.61 Å². The average molecular weight is 298 g/mol. The highest BCUT2D eigenvalue weighted by Crippen LogP contribution is 2.23. The molecule has 0 spiro atoms. The van der Waals surface area contributed by atoms with Crippen molar-refractivity contribution in [2.75, 3.05) is 5.73 Å². The minimum atomic E-state index is 0.510. The largest absolute Gasteiger partial charge is 0.489 e. The first-order chi connectivity index (χ1) is 10.3. The summed E-state index contributed by atoms with van der Waals surface area (Å²) in [6.07, 6.45) is 1.56. The van der Waals surface area contributed by atoms with Crippen LogP contribution in [0, 0.1) is 0 Å². The maximum absolute atomic E-state index is 5.69. The summed E-state index contributed by atoms with van der Waals surface area (Å²) in [6, 6.07) is 13.0. The van der Waals surface area contributed by atoms with E-state index in [9.17, 15) is 0 Å². The number of nitrogens with two attached hydrogens (primary N) is 1. The zero-order valence-electron chi connectivity index (χ0n) is 11.2. The SMILES string of the molecule is Nc1ccc(Oc2ccc(OCc3ccsc3)cc2)nc1. The van der Waals surface area contributed by atoms with Gasteiger partial charge in [-0.25, -0.2) is 4.98 Å². The molecule has 0 saturated heterocycles. The topological polar surface area (TPSA) is 57.4 Å². The van der Waals surface area contributed by atoms with Crippen LogP contribution >= 0.6 is 11.3 Å². The molecule has 0 bridgehead atoms. The molecular weight excluding hydrogens is 284 g/mol. The van der Waals surface area contributed by atoms with Crippen LogP contribution in [-0.2, 0) is 6.61 Å². The van der Waals surface area contributed by atoms with Crippen LogP contribution in [0.4, 0.5) is 5.69 Å². The summed E-state index contributed by atoms with van der Waals surface area (Å²) in [5.74, 6) is 2.02. The third kappa shape index (κ3) is 3.73. The van der Waals surface area contributed by atoms with Gasteiger partial charge in [-0.05, 0) is 52.7 Å². The zero-order valence-corrected chi connectivity index (χ0v) is 12.0. The maximum Gasteiger partial charge on any atom is 0.219 e. The molecule has 2 aromatic heterocycles. The molecule has 4 nitrogen and oxygen atoms in total. The summed E-state index contributed by atoms with van der Waals surface area (Å²) in [4.78, 5) is 4.09. The van der Waals surface area contributed by atoms with E-state index < -0.39 is 0 Å². The van der Waals surface area contributed by atoms with E-state index in [2.05, 4.69) is 16.4 Å². The second-order valence-corrected chi connectivity index (χ2v) is 5.20. The van der Waals surface area contributed by atoms with Crippen LogP contribution in [0.1, 0.15) is 5.56 Å². The van der Waals surface area contributed by atoms with Crippen LogP contribution in [-0.4, -0.2) is 4.98 Å². The number of hydrogen-bond donors (Lipinski definition) is 1. The van der Waals surface area contributed by atoms with E-state index in [0.717, 1.165) is 5.75 Å². The number of aromatic nitrogens is 1. The van der Waals surface area contributed by atoms with Crippen molar-refractivity contribution in [1.82, 2.24) is 4.98 Å². The molecule has 2 heterocycles. The first-order valence-electron chi connectivity index (χ1n) is 6.43. The van der Waals surface area contributed by atoms with Gasteiger partial charge in [0.1, 0.15) is 18.1 Å². The summed E-state index contributed by atoms with van der Waals surface area (Å²) in [6.45, 7) is 0.573. The van der Waals surface area contributed by atoms with E-state index in [1.54, 1.807) is 29.7 Å². The maximum atomic E-state index is 5.69. The first-order valence-corrected chi connectivity index (χ1v) is 7.37. The Kier molecular flexibility index (Phi) is 4.02.